The van der Waals surface area contributed by atoms with Crippen LogP contribution < -0.4 is 0 Å². The normalized spacial score (nSPS) is 48.0. The number of aliphatic carboxylic acids is 1. The second kappa shape index (κ2) is 5.92. The van der Waals surface area contributed by atoms with Crippen molar-refractivity contribution in [2.24, 2.45) is 34.0 Å². The summed E-state index contributed by atoms with van der Waals surface area (Å²) >= 11 is 0. The van der Waals surface area contributed by atoms with Crippen LogP contribution in [-0.4, -0.2) is 29.4 Å². The number of esters is 1. The van der Waals surface area contributed by atoms with E-state index in [1.54, 1.807) is 0 Å². The molecule has 5 nitrogen and oxygen atoms in total. The third-order valence-corrected chi connectivity index (χ3v) is 8.59. The summed E-state index contributed by atoms with van der Waals surface area (Å²) in [6.45, 7) is 5.58. The minimum absolute atomic E-state index is 0.0650. The molecule has 0 aromatic rings. The predicted molar refractivity (Wildman–Crippen MR) is 98.8 cm³/mol. The summed E-state index contributed by atoms with van der Waals surface area (Å²) in [4.78, 5) is 35.7. The van der Waals surface area contributed by atoms with Crippen LogP contribution in [0.3, 0.4) is 0 Å². The van der Waals surface area contributed by atoms with E-state index in [1.807, 2.05) is 6.92 Å². The number of fused-ring (bicyclic) bond motifs is 3. The third kappa shape index (κ3) is 2.46. The van der Waals surface area contributed by atoms with Crippen molar-refractivity contribution in [3.8, 4) is 0 Å². The van der Waals surface area contributed by atoms with Gasteiger partial charge in [0, 0.05) is 12.8 Å². The summed E-state index contributed by atoms with van der Waals surface area (Å²) in [6.07, 6.45) is 8.82. The fourth-order valence-electron chi connectivity index (χ4n) is 7.78. The van der Waals surface area contributed by atoms with E-state index in [0.29, 0.717) is 12.8 Å². The monoisotopic (exact) mass is 374 g/mol. The molecule has 27 heavy (non-hydrogen) atoms. The lowest BCUT2D eigenvalue weighted by Crippen LogP contribution is -2.62. The minimum atomic E-state index is -0.734. The number of carbonyl (C=O) groups excluding carboxylic acids is 2. The summed E-state index contributed by atoms with van der Waals surface area (Å²) in [7, 11) is 0. The van der Waals surface area contributed by atoms with E-state index in [-0.39, 0.29) is 40.7 Å². The molecule has 3 fully saturated rings. The van der Waals surface area contributed by atoms with Gasteiger partial charge in [-0.25, -0.2) is 0 Å². The molecule has 2 bridgehead atoms. The molecule has 148 valence electrons. The fraction of sp³-hybridized carbons (Fsp3) is 0.773. The van der Waals surface area contributed by atoms with Crippen molar-refractivity contribution in [1.29, 1.82) is 0 Å². The summed E-state index contributed by atoms with van der Waals surface area (Å²) in [5.74, 6) is -0.678. The summed E-state index contributed by atoms with van der Waals surface area (Å²) in [5.41, 5.74) is -0.221. The van der Waals surface area contributed by atoms with E-state index >= 15 is 0 Å². The van der Waals surface area contributed by atoms with Crippen LogP contribution in [0.2, 0.25) is 0 Å². The molecule has 7 atom stereocenters. The SMILES string of the molecule is CC(=O)O[C@@H]1C[C@H]2C[C@@]3(C=C2C=O)CCC2[C@](C)(CCC[C@@]2(C)C(=O)O)C13. The number of hydrogen-bond acceptors (Lipinski definition) is 4. The van der Waals surface area contributed by atoms with Gasteiger partial charge in [0.2, 0.25) is 0 Å². The van der Waals surface area contributed by atoms with Crippen LogP contribution >= 0.6 is 0 Å². The van der Waals surface area contributed by atoms with Crippen molar-refractivity contribution in [1.82, 2.24) is 0 Å². The highest BCUT2D eigenvalue weighted by Crippen LogP contribution is 2.71. The maximum absolute atomic E-state index is 12.2. The molecule has 0 aromatic carbocycles. The molecule has 0 heterocycles. The lowest BCUT2D eigenvalue weighted by Gasteiger charge is -2.64. The highest BCUT2D eigenvalue weighted by molar-refractivity contribution is 5.76. The first-order valence-corrected chi connectivity index (χ1v) is 10.2. The van der Waals surface area contributed by atoms with Gasteiger partial charge in [-0.05, 0) is 73.7 Å². The van der Waals surface area contributed by atoms with Crippen LogP contribution in [-0.2, 0) is 19.1 Å². The van der Waals surface area contributed by atoms with Gasteiger partial charge >= 0.3 is 11.9 Å². The van der Waals surface area contributed by atoms with Gasteiger partial charge < -0.3 is 9.84 Å². The standard InChI is InChI=1S/C22H30O5/c1-13(24)27-16-9-14-10-22(11-15(14)12-23)8-5-17-20(2,18(16)22)6-4-7-21(17,3)19(25)26/h11-12,14,16-18H,4-10H2,1-3H3,(H,25,26)/t14-,16+,17?,18?,20-,21+,22+/m0/s1. The van der Waals surface area contributed by atoms with E-state index in [1.165, 1.54) is 6.92 Å². The van der Waals surface area contributed by atoms with Gasteiger partial charge in [-0.3, -0.25) is 14.4 Å². The van der Waals surface area contributed by atoms with E-state index in [2.05, 4.69) is 13.0 Å². The van der Waals surface area contributed by atoms with Gasteiger partial charge in [-0.15, -0.1) is 0 Å². The van der Waals surface area contributed by atoms with Crippen LogP contribution in [0.25, 0.3) is 0 Å². The van der Waals surface area contributed by atoms with E-state index in [4.69, 9.17) is 4.74 Å². The second-order valence-corrected chi connectivity index (χ2v) is 9.93. The van der Waals surface area contributed by atoms with Gasteiger partial charge in [0.1, 0.15) is 12.4 Å². The molecule has 0 aliphatic heterocycles. The molecule has 4 aliphatic rings. The van der Waals surface area contributed by atoms with Gasteiger partial charge in [0.15, 0.2) is 0 Å². The zero-order valence-electron chi connectivity index (χ0n) is 16.5. The maximum Gasteiger partial charge on any atom is 0.309 e. The molecule has 3 saturated carbocycles. The van der Waals surface area contributed by atoms with Gasteiger partial charge in [-0.2, -0.15) is 0 Å². The number of aldehydes is 1. The number of carboxylic acid groups (broad SMARTS) is 1. The molecule has 1 N–H and O–H groups in total. The minimum Gasteiger partial charge on any atom is -0.481 e. The van der Waals surface area contributed by atoms with Crippen LogP contribution in [0.1, 0.15) is 65.7 Å². The Bertz CT molecular complexity index is 726. The molecule has 0 amide bonds. The second-order valence-electron chi connectivity index (χ2n) is 9.93. The maximum atomic E-state index is 12.2. The predicted octanol–water partition coefficient (Wildman–Crippen LogP) is 3.76. The first-order chi connectivity index (χ1) is 12.7. The molecule has 4 rings (SSSR count). The molecular weight excluding hydrogens is 344 g/mol. The highest BCUT2D eigenvalue weighted by atomic mass is 16.5. The van der Waals surface area contributed by atoms with E-state index in [0.717, 1.165) is 44.0 Å². The summed E-state index contributed by atoms with van der Waals surface area (Å²) in [6, 6.07) is 0. The van der Waals surface area contributed by atoms with Crippen molar-refractivity contribution in [3.63, 3.8) is 0 Å². The first-order valence-electron chi connectivity index (χ1n) is 10.2. The molecule has 0 radical (unpaired) electrons. The average molecular weight is 374 g/mol. The largest absolute Gasteiger partial charge is 0.481 e. The molecule has 0 aromatic heterocycles. The third-order valence-electron chi connectivity index (χ3n) is 8.59. The van der Waals surface area contributed by atoms with Crippen LogP contribution in [0.15, 0.2) is 11.6 Å². The van der Waals surface area contributed by atoms with Crippen LogP contribution in [0.4, 0.5) is 0 Å². The molecule has 5 heteroatoms. The number of ether oxygens (including phenoxy) is 1. The van der Waals surface area contributed by atoms with Crippen molar-refractivity contribution in [2.45, 2.75) is 71.8 Å². The zero-order valence-corrected chi connectivity index (χ0v) is 16.5. The first kappa shape index (κ1) is 18.7. The highest BCUT2D eigenvalue weighted by Gasteiger charge is 2.67. The van der Waals surface area contributed by atoms with Crippen LogP contribution in [0, 0.1) is 34.0 Å². The Kier molecular flexibility index (Phi) is 4.10. The van der Waals surface area contributed by atoms with E-state index in [9.17, 15) is 19.5 Å². The zero-order chi connectivity index (χ0) is 19.6. The van der Waals surface area contributed by atoms with Crippen molar-refractivity contribution < 1.29 is 24.2 Å². The number of allylic oxidation sites excluding steroid dienone is 2. The topological polar surface area (TPSA) is 80.7 Å². The Balaban J connectivity index is 1.82. The van der Waals surface area contributed by atoms with Gasteiger partial charge in [-0.1, -0.05) is 19.4 Å². The van der Waals surface area contributed by atoms with Crippen molar-refractivity contribution >= 4 is 18.2 Å². The molecule has 4 aliphatic carbocycles. The Hall–Kier alpha value is -1.65. The molecular formula is C22H30O5. The number of rotatable bonds is 3. The molecule has 2 unspecified atom stereocenters. The quantitative estimate of drug-likeness (QED) is 0.601. The smallest absolute Gasteiger partial charge is 0.309 e. The van der Waals surface area contributed by atoms with Crippen LogP contribution in [0.5, 0.6) is 0 Å². The summed E-state index contributed by atoms with van der Waals surface area (Å²) < 4.78 is 5.84. The Labute approximate surface area is 160 Å². The Morgan fingerprint density at radius 1 is 1.26 bits per heavy atom. The lowest BCUT2D eigenvalue weighted by atomic mass is 9.40. The number of carboxylic acids is 1. The van der Waals surface area contributed by atoms with Gasteiger partial charge in [0.05, 0.1) is 5.41 Å². The average Bonchev–Trinajstić information content (AvgIpc) is 2.84. The van der Waals surface area contributed by atoms with Crippen molar-refractivity contribution in [2.75, 3.05) is 0 Å². The lowest BCUT2D eigenvalue weighted by molar-refractivity contribution is -0.203. The fourth-order valence-corrected chi connectivity index (χ4v) is 7.78. The van der Waals surface area contributed by atoms with E-state index < -0.39 is 11.4 Å². The number of carbonyl (C=O) groups is 3. The summed E-state index contributed by atoms with van der Waals surface area (Å²) in [5, 5.41) is 10.0. The van der Waals surface area contributed by atoms with Crippen molar-refractivity contribution in [3.05, 3.63) is 11.6 Å². The molecule has 0 saturated heterocycles. The van der Waals surface area contributed by atoms with Gasteiger partial charge in [0.25, 0.3) is 0 Å². The Morgan fingerprint density at radius 3 is 2.63 bits per heavy atom. The Morgan fingerprint density at radius 2 is 2.00 bits per heavy atom. The number of hydrogen-bond donors (Lipinski definition) is 1. The molecule has 1 spiro atoms.